The van der Waals surface area contributed by atoms with E-state index in [-0.39, 0.29) is 5.56 Å². The second-order valence-corrected chi connectivity index (χ2v) is 4.64. The van der Waals surface area contributed by atoms with Gasteiger partial charge in [-0.3, -0.25) is 0 Å². The van der Waals surface area contributed by atoms with Gasteiger partial charge in [-0.05, 0) is 25.0 Å². The first-order chi connectivity index (χ1) is 9.34. The van der Waals surface area contributed by atoms with Gasteiger partial charge in [-0.1, -0.05) is 13.0 Å². The van der Waals surface area contributed by atoms with Crippen LogP contribution in [0.2, 0.25) is 0 Å². The van der Waals surface area contributed by atoms with Crippen molar-refractivity contribution in [2.75, 3.05) is 5.73 Å². The quantitative estimate of drug-likeness (QED) is 0.938. The maximum absolute atomic E-state index is 12.9. The lowest BCUT2D eigenvalue weighted by Gasteiger charge is -2.10. The monoisotopic (exact) mass is 283 g/mol. The Balaban J connectivity index is 2.45. The molecule has 6 heteroatoms. The molecule has 0 radical (unpaired) electrons. The normalized spacial score (nSPS) is 11.8. The van der Waals surface area contributed by atoms with Gasteiger partial charge in [-0.2, -0.15) is 13.2 Å². The minimum atomic E-state index is -4.33. The largest absolute Gasteiger partial charge is 0.418 e. The van der Waals surface area contributed by atoms with Crippen LogP contribution in [0.3, 0.4) is 0 Å². The van der Waals surface area contributed by atoms with E-state index in [9.17, 15) is 13.2 Å². The van der Waals surface area contributed by atoms with Gasteiger partial charge in [0.05, 0.1) is 12.1 Å². The van der Waals surface area contributed by atoms with Crippen molar-refractivity contribution >= 4 is 5.82 Å². The van der Waals surface area contributed by atoms with Crippen molar-refractivity contribution in [2.24, 2.45) is 0 Å². The van der Waals surface area contributed by atoms with Gasteiger partial charge >= 0.3 is 6.18 Å². The molecule has 0 bridgehead atoms. The Labute approximate surface area is 115 Å². The Morgan fingerprint density at radius 1 is 1.35 bits per heavy atom. The predicted molar refractivity (Wildman–Crippen MR) is 71.3 cm³/mol. The smallest absolute Gasteiger partial charge is 0.383 e. The van der Waals surface area contributed by atoms with Gasteiger partial charge in [-0.15, -0.1) is 0 Å². The van der Waals surface area contributed by atoms with E-state index >= 15 is 0 Å². The lowest BCUT2D eigenvalue weighted by atomic mass is 10.1. The van der Waals surface area contributed by atoms with Crippen molar-refractivity contribution in [3.8, 4) is 0 Å². The topological polar surface area (TPSA) is 43.8 Å². The second kappa shape index (κ2) is 5.19. The lowest BCUT2D eigenvalue weighted by Crippen LogP contribution is -2.06. The molecule has 0 aliphatic carbocycles. The van der Waals surface area contributed by atoms with Crippen LogP contribution in [0.4, 0.5) is 19.0 Å². The fraction of sp³-hybridized carbons (Fsp3) is 0.357. The van der Waals surface area contributed by atoms with Crippen LogP contribution in [0.15, 0.2) is 24.5 Å². The number of nitrogens with zero attached hydrogens (tertiary/aromatic N) is 2. The number of pyridine rings is 1. The fourth-order valence-corrected chi connectivity index (χ4v) is 2.36. The zero-order chi connectivity index (χ0) is 14.9. The maximum Gasteiger partial charge on any atom is 0.418 e. The molecule has 2 rings (SSSR count). The first-order valence-electron chi connectivity index (χ1n) is 6.29. The van der Waals surface area contributed by atoms with Crippen molar-refractivity contribution in [1.29, 1.82) is 0 Å². The van der Waals surface area contributed by atoms with Crippen LogP contribution in [-0.2, 0) is 19.1 Å². The van der Waals surface area contributed by atoms with Crippen LogP contribution in [0.1, 0.15) is 29.3 Å². The number of hydrogen-bond donors (Lipinski definition) is 1. The molecule has 0 unspecified atom stereocenters. The third kappa shape index (κ3) is 2.64. The molecule has 20 heavy (non-hydrogen) atoms. The molecule has 0 aliphatic rings. The Kier molecular flexibility index (Phi) is 3.74. The third-order valence-electron chi connectivity index (χ3n) is 3.38. The van der Waals surface area contributed by atoms with Crippen molar-refractivity contribution < 1.29 is 13.2 Å². The number of anilines is 1. The van der Waals surface area contributed by atoms with E-state index in [2.05, 4.69) is 4.98 Å². The number of nitrogen functional groups attached to an aromatic ring is 1. The van der Waals surface area contributed by atoms with Crippen molar-refractivity contribution in [3.05, 3.63) is 46.9 Å². The molecule has 0 fully saturated rings. The molecule has 0 aromatic carbocycles. The van der Waals surface area contributed by atoms with E-state index in [1.54, 1.807) is 22.9 Å². The van der Waals surface area contributed by atoms with Crippen molar-refractivity contribution in [3.63, 3.8) is 0 Å². The average Bonchev–Trinajstić information content (AvgIpc) is 2.68. The number of rotatable bonds is 3. The van der Waals surface area contributed by atoms with Crippen LogP contribution in [0, 0.1) is 6.92 Å². The fourth-order valence-electron chi connectivity index (χ4n) is 2.36. The third-order valence-corrected chi connectivity index (χ3v) is 3.38. The zero-order valence-electron chi connectivity index (χ0n) is 11.3. The van der Waals surface area contributed by atoms with Crippen LogP contribution >= 0.6 is 0 Å². The number of aromatic nitrogens is 2. The van der Waals surface area contributed by atoms with Gasteiger partial charge in [0.2, 0.25) is 0 Å². The summed E-state index contributed by atoms with van der Waals surface area (Å²) in [6.45, 7) is 3.64. The molecule has 2 aromatic rings. The van der Waals surface area contributed by atoms with Gasteiger partial charge in [-0.25, -0.2) is 4.98 Å². The molecule has 2 aromatic heterocycles. The summed E-state index contributed by atoms with van der Waals surface area (Å²) in [5, 5.41) is 0. The van der Waals surface area contributed by atoms with E-state index in [4.69, 9.17) is 5.73 Å². The summed E-state index contributed by atoms with van der Waals surface area (Å²) in [6.07, 6.45) is -1.09. The first-order valence-corrected chi connectivity index (χ1v) is 6.29. The molecule has 3 nitrogen and oxygen atoms in total. The number of nitrogens with two attached hydrogens (primary N) is 1. The molecule has 0 spiro atoms. The van der Waals surface area contributed by atoms with E-state index < -0.39 is 11.7 Å². The van der Waals surface area contributed by atoms with Crippen LogP contribution in [0.5, 0.6) is 0 Å². The summed E-state index contributed by atoms with van der Waals surface area (Å²) in [7, 11) is 0. The molecule has 0 saturated heterocycles. The van der Waals surface area contributed by atoms with Crippen molar-refractivity contribution in [1.82, 2.24) is 9.55 Å². The summed E-state index contributed by atoms with van der Waals surface area (Å²) in [5.41, 5.74) is 6.82. The van der Waals surface area contributed by atoms with Crippen LogP contribution in [-0.4, -0.2) is 9.55 Å². The molecule has 0 atom stereocenters. The molecule has 2 heterocycles. The molecule has 0 saturated carbocycles. The van der Waals surface area contributed by atoms with Gasteiger partial charge in [0, 0.05) is 23.7 Å². The molecule has 2 N–H and O–H groups in total. The summed E-state index contributed by atoms with van der Waals surface area (Å²) in [6, 6.07) is 3.49. The summed E-state index contributed by atoms with van der Waals surface area (Å²) >= 11 is 0. The zero-order valence-corrected chi connectivity index (χ0v) is 11.3. The molecule has 108 valence electrons. The first kappa shape index (κ1) is 14.4. The predicted octanol–water partition coefficient (Wildman–Crippen LogP) is 3.40. The Hall–Kier alpha value is -1.98. The SMILES string of the molecule is CCc1c(C)c(C(F)(F)F)cn1Cc1cccnc1N. The Morgan fingerprint density at radius 2 is 2.05 bits per heavy atom. The number of halogens is 3. The average molecular weight is 283 g/mol. The highest BCUT2D eigenvalue weighted by molar-refractivity contribution is 5.40. The summed E-state index contributed by atoms with van der Waals surface area (Å²) < 4.78 is 40.4. The molecule has 0 amide bonds. The highest BCUT2D eigenvalue weighted by Crippen LogP contribution is 2.34. The highest BCUT2D eigenvalue weighted by Gasteiger charge is 2.35. The number of hydrogen-bond acceptors (Lipinski definition) is 2. The second-order valence-electron chi connectivity index (χ2n) is 4.64. The van der Waals surface area contributed by atoms with Gasteiger partial charge in [0.1, 0.15) is 5.82 Å². The molecule has 0 aliphatic heterocycles. The van der Waals surface area contributed by atoms with E-state index in [1.165, 1.54) is 6.92 Å². The lowest BCUT2D eigenvalue weighted by molar-refractivity contribution is -0.138. The van der Waals surface area contributed by atoms with E-state index in [0.29, 0.717) is 30.0 Å². The van der Waals surface area contributed by atoms with Gasteiger partial charge in [0.25, 0.3) is 0 Å². The molecular formula is C14H16F3N3. The van der Waals surface area contributed by atoms with Crippen molar-refractivity contribution in [2.45, 2.75) is 33.0 Å². The molecular weight excluding hydrogens is 267 g/mol. The minimum Gasteiger partial charge on any atom is -0.383 e. The van der Waals surface area contributed by atoms with Crippen LogP contribution < -0.4 is 5.73 Å². The maximum atomic E-state index is 12.9. The Bertz CT molecular complexity index is 615. The van der Waals surface area contributed by atoms with Gasteiger partial charge < -0.3 is 10.3 Å². The van der Waals surface area contributed by atoms with Gasteiger partial charge in [0.15, 0.2) is 0 Å². The number of alkyl halides is 3. The highest BCUT2D eigenvalue weighted by atomic mass is 19.4. The standard InChI is InChI=1S/C14H16F3N3/c1-3-12-9(2)11(14(15,16)17)8-20(12)7-10-5-4-6-19-13(10)18/h4-6,8H,3,7H2,1-2H3,(H2,18,19). The van der Waals surface area contributed by atoms with E-state index in [0.717, 1.165) is 6.20 Å². The summed E-state index contributed by atoms with van der Waals surface area (Å²) in [4.78, 5) is 3.95. The van der Waals surface area contributed by atoms with Crippen LogP contribution in [0.25, 0.3) is 0 Å². The summed E-state index contributed by atoms with van der Waals surface area (Å²) in [5.74, 6) is 0.342. The van der Waals surface area contributed by atoms with E-state index in [1.807, 2.05) is 6.92 Å². The minimum absolute atomic E-state index is 0.280. The Morgan fingerprint density at radius 3 is 2.60 bits per heavy atom.